The number of aliphatic hydroxyl groups is 1. The molecule has 0 aliphatic carbocycles. The number of hydrogen-bond donors (Lipinski definition) is 2. The molecule has 2 aliphatic rings. The molecule has 2 heterocycles. The Morgan fingerprint density at radius 1 is 1.46 bits per heavy atom. The Kier molecular flexibility index (Phi) is 5.47. The zero-order chi connectivity index (χ0) is 18.7. The number of nitrogens with one attached hydrogen (secondary N) is 1. The fraction of sp³-hybridized carbons (Fsp3) is 0.579. The fourth-order valence-corrected chi connectivity index (χ4v) is 3.57. The first-order valence-corrected chi connectivity index (χ1v) is 8.94. The maximum atomic E-state index is 12.5. The number of para-hydroxylation sites is 1. The Balaban J connectivity index is 1.55. The Labute approximate surface area is 154 Å². The molecule has 2 saturated heterocycles. The van der Waals surface area contributed by atoms with E-state index in [4.69, 9.17) is 4.74 Å². The first kappa shape index (κ1) is 18.6. The Morgan fingerprint density at radius 3 is 2.88 bits per heavy atom. The summed E-state index contributed by atoms with van der Waals surface area (Å²) in [6.45, 7) is 4.55. The Hall–Kier alpha value is -2.14. The van der Waals surface area contributed by atoms with Crippen molar-refractivity contribution in [2.75, 3.05) is 51.4 Å². The summed E-state index contributed by atoms with van der Waals surface area (Å²) in [5.41, 5.74) is 0.921. The smallest absolute Gasteiger partial charge is 0.226 e. The number of carbonyl (C=O) groups is 1. The van der Waals surface area contributed by atoms with Crippen LogP contribution in [-0.4, -0.2) is 74.0 Å². The average Bonchev–Trinajstić information content (AvgIpc) is 2.62. The van der Waals surface area contributed by atoms with E-state index in [9.17, 15) is 15.2 Å². The number of anilines is 1. The first-order chi connectivity index (χ1) is 12.5. The Morgan fingerprint density at radius 2 is 2.19 bits per heavy atom. The summed E-state index contributed by atoms with van der Waals surface area (Å²) in [5, 5.41) is 22.1. The third kappa shape index (κ3) is 3.40. The summed E-state index contributed by atoms with van der Waals surface area (Å²) in [7, 11) is 1.96. The van der Waals surface area contributed by atoms with Crippen molar-refractivity contribution in [1.82, 2.24) is 10.2 Å². The van der Waals surface area contributed by atoms with Gasteiger partial charge >= 0.3 is 0 Å². The van der Waals surface area contributed by atoms with Gasteiger partial charge in [-0.2, -0.15) is 5.26 Å². The zero-order valence-electron chi connectivity index (χ0n) is 15.3. The molecule has 1 aromatic rings. The van der Waals surface area contributed by atoms with Crippen LogP contribution >= 0.6 is 0 Å². The summed E-state index contributed by atoms with van der Waals surface area (Å²) in [6, 6.07) is 9.80. The number of nitriles is 1. The number of amides is 1. The molecule has 0 spiro atoms. The van der Waals surface area contributed by atoms with Crippen molar-refractivity contribution in [3.05, 3.63) is 29.8 Å². The van der Waals surface area contributed by atoms with Crippen molar-refractivity contribution in [2.45, 2.75) is 18.5 Å². The third-order valence-corrected chi connectivity index (χ3v) is 5.64. The molecule has 3 rings (SSSR count). The van der Waals surface area contributed by atoms with E-state index in [1.165, 1.54) is 0 Å². The second-order valence-corrected chi connectivity index (χ2v) is 7.31. The molecule has 2 fully saturated rings. The highest BCUT2D eigenvalue weighted by molar-refractivity contribution is 5.82. The van der Waals surface area contributed by atoms with Gasteiger partial charge in [0, 0.05) is 25.7 Å². The predicted molar refractivity (Wildman–Crippen MR) is 97.7 cm³/mol. The van der Waals surface area contributed by atoms with Gasteiger partial charge in [0.05, 0.1) is 42.5 Å². The highest BCUT2D eigenvalue weighted by Gasteiger charge is 2.42. The second-order valence-electron chi connectivity index (χ2n) is 7.31. The molecule has 2 aliphatic heterocycles. The predicted octanol–water partition coefficient (Wildman–Crippen LogP) is 0.192. The maximum absolute atomic E-state index is 12.5. The van der Waals surface area contributed by atoms with Crippen molar-refractivity contribution in [3.63, 3.8) is 0 Å². The lowest BCUT2D eigenvalue weighted by atomic mass is 9.94. The number of rotatable bonds is 5. The van der Waals surface area contributed by atoms with Crippen molar-refractivity contribution in [3.8, 4) is 6.07 Å². The molecule has 2 N–H and O–H groups in total. The van der Waals surface area contributed by atoms with E-state index in [0.717, 1.165) is 5.69 Å². The van der Waals surface area contributed by atoms with Crippen molar-refractivity contribution < 1.29 is 14.6 Å². The number of hydrogen-bond acceptors (Lipinski definition) is 6. The van der Waals surface area contributed by atoms with E-state index >= 15 is 0 Å². The van der Waals surface area contributed by atoms with Crippen LogP contribution in [0.15, 0.2) is 24.3 Å². The van der Waals surface area contributed by atoms with Gasteiger partial charge in [-0.15, -0.1) is 0 Å². The van der Waals surface area contributed by atoms with E-state index < -0.39 is 5.54 Å². The van der Waals surface area contributed by atoms with Gasteiger partial charge in [-0.05, 0) is 26.1 Å². The molecule has 140 valence electrons. The first-order valence-electron chi connectivity index (χ1n) is 8.94. The van der Waals surface area contributed by atoms with Gasteiger partial charge < -0.3 is 20.1 Å². The van der Waals surface area contributed by atoms with Gasteiger partial charge in [0.1, 0.15) is 6.07 Å². The van der Waals surface area contributed by atoms with Crippen LogP contribution in [0, 0.1) is 17.2 Å². The van der Waals surface area contributed by atoms with Crippen LogP contribution in [0.2, 0.25) is 0 Å². The van der Waals surface area contributed by atoms with Gasteiger partial charge in [-0.1, -0.05) is 12.1 Å². The summed E-state index contributed by atoms with van der Waals surface area (Å²) < 4.78 is 5.60. The van der Waals surface area contributed by atoms with Crippen molar-refractivity contribution >= 4 is 11.6 Å². The molecule has 1 amide bonds. The van der Waals surface area contributed by atoms with Gasteiger partial charge in [-0.3, -0.25) is 9.69 Å². The van der Waals surface area contributed by atoms with Crippen LogP contribution < -0.4 is 10.2 Å². The minimum Gasteiger partial charge on any atom is -0.394 e. The van der Waals surface area contributed by atoms with E-state index in [1.54, 1.807) is 6.07 Å². The number of benzene rings is 1. The summed E-state index contributed by atoms with van der Waals surface area (Å²) in [6.07, 6.45) is 0. The van der Waals surface area contributed by atoms with E-state index in [0.29, 0.717) is 38.4 Å². The minimum atomic E-state index is -0.579. The molecule has 0 bridgehead atoms. The van der Waals surface area contributed by atoms with E-state index in [-0.39, 0.29) is 24.5 Å². The maximum Gasteiger partial charge on any atom is 0.226 e. The largest absolute Gasteiger partial charge is 0.394 e. The average molecular weight is 358 g/mol. The highest BCUT2D eigenvalue weighted by Crippen LogP contribution is 2.28. The number of ether oxygens (including phenoxy) is 1. The molecule has 2 atom stereocenters. The number of carbonyl (C=O) groups excluding carboxylic acids is 1. The van der Waals surface area contributed by atoms with Crippen LogP contribution in [0.1, 0.15) is 12.5 Å². The SMILES string of the molecule is C[C@@H]1COC[C@@](CO)(CNC(=O)C2CN(c3ccccc3C#N)C2)N1C. The topological polar surface area (TPSA) is 88.8 Å². The Bertz CT molecular complexity index is 698. The summed E-state index contributed by atoms with van der Waals surface area (Å²) >= 11 is 0. The van der Waals surface area contributed by atoms with Crippen LogP contribution in [0.4, 0.5) is 5.69 Å². The van der Waals surface area contributed by atoms with Gasteiger partial charge in [0.15, 0.2) is 0 Å². The molecule has 7 nitrogen and oxygen atoms in total. The van der Waals surface area contributed by atoms with Crippen molar-refractivity contribution in [2.24, 2.45) is 5.92 Å². The molecule has 0 saturated carbocycles. The van der Waals surface area contributed by atoms with Gasteiger partial charge in [0.25, 0.3) is 0 Å². The lowest BCUT2D eigenvalue weighted by molar-refractivity contribution is -0.130. The summed E-state index contributed by atoms with van der Waals surface area (Å²) in [5.74, 6) is -0.125. The number of likely N-dealkylation sites (N-methyl/N-ethyl adjacent to an activating group) is 1. The van der Waals surface area contributed by atoms with Gasteiger partial charge in [-0.25, -0.2) is 0 Å². The molecule has 0 unspecified atom stereocenters. The highest BCUT2D eigenvalue weighted by atomic mass is 16.5. The standard InChI is InChI=1S/C19H26N4O3/c1-14-10-26-13-19(12-24,22(14)2)11-21-18(25)16-8-23(9-16)17-6-4-3-5-15(17)7-20/h3-6,14,16,24H,8-13H2,1-2H3,(H,21,25)/t14-,19+/m1/s1. The van der Waals surface area contributed by atoms with Gasteiger partial charge in [0.2, 0.25) is 5.91 Å². The number of morpholine rings is 1. The van der Waals surface area contributed by atoms with Crippen LogP contribution in [0.5, 0.6) is 0 Å². The molecule has 0 aromatic heterocycles. The minimum absolute atomic E-state index is 0.0184. The lowest BCUT2D eigenvalue weighted by Crippen LogP contribution is -2.66. The molecule has 1 aromatic carbocycles. The van der Waals surface area contributed by atoms with Crippen LogP contribution in [0.3, 0.4) is 0 Å². The molecule has 26 heavy (non-hydrogen) atoms. The van der Waals surface area contributed by atoms with E-state index in [2.05, 4.69) is 16.3 Å². The van der Waals surface area contributed by atoms with Crippen LogP contribution in [-0.2, 0) is 9.53 Å². The monoisotopic (exact) mass is 358 g/mol. The molecule has 7 heteroatoms. The van der Waals surface area contributed by atoms with Crippen LogP contribution in [0.25, 0.3) is 0 Å². The molecule has 0 radical (unpaired) electrons. The summed E-state index contributed by atoms with van der Waals surface area (Å²) in [4.78, 5) is 16.6. The fourth-order valence-electron chi connectivity index (χ4n) is 3.57. The van der Waals surface area contributed by atoms with E-state index in [1.807, 2.05) is 37.1 Å². The number of aliphatic hydroxyl groups excluding tert-OH is 1. The van der Waals surface area contributed by atoms with Crippen molar-refractivity contribution in [1.29, 1.82) is 5.26 Å². The quantitative estimate of drug-likeness (QED) is 0.781. The number of nitrogens with zero attached hydrogens (tertiary/aromatic N) is 3. The normalized spacial score (nSPS) is 26.8. The zero-order valence-corrected chi connectivity index (χ0v) is 15.3. The second kappa shape index (κ2) is 7.62. The third-order valence-electron chi connectivity index (χ3n) is 5.64. The lowest BCUT2D eigenvalue weighted by Gasteiger charge is -2.48. The molecular formula is C19H26N4O3. The molecular weight excluding hydrogens is 332 g/mol.